The minimum Gasteiger partial charge on any atom is -0.499 e. The number of anilines is 1. The first kappa shape index (κ1) is 31.7. The third kappa shape index (κ3) is 11.9. The number of aliphatic hydroxyl groups is 2. The van der Waals surface area contributed by atoms with Gasteiger partial charge in [0.1, 0.15) is 0 Å². The zero-order chi connectivity index (χ0) is 27.6. The molecule has 0 saturated carbocycles. The van der Waals surface area contributed by atoms with Gasteiger partial charge in [-0.05, 0) is 89.5 Å². The lowest BCUT2D eigenvalue weighted by Crippen LogP contribution is -2.27. The summed E-state index contributed by atoms with van der Waals surface area (Å²) in [4.78, 5) is 6.85. The van der Waals surface area contributed by atoms with Crippen LogP contribution in [0.25, 0.3) is 0 Å². The number of hydrogen-bond donors (Lipinski definition) is 5. The fourth-order valence-corrected chi connectivity index (χ4v) is 3.40. The van der Waals surface area contributed by atoms with Crippen molar-refractivity contribution in [3.05, 3.63) is 71.4 Å². The number of nitrogens with one attached hydrogen (secondary N) is 2. The molecule has 0 unspecified atom stereocenters. The molecular weight excluding hydrogens is 466 g/mol. The summed E-state index contributed by atoms with van der Waals surface area (Å²) >= 11 is 0. The summed E-state index contributed by atoms with van der Waals surface area (Å²) in [5, 5.41) is 30.1. The van der Waals surface area contributed by atoms with Crippen molar-refractivity contribution in [3.63, 3.8) is 0 Å². The number of benzene rings is 1. The lowest BCUT2D eigenvalue weighted by Gasteiger charge is -2.24. The summed E-state index contributed by atoms with van der Waals surface area (Å²) in [5.74, 6) is 0.821. The average molecular weight is 512 g/mol. The maximum Gasteiger partial charge on any atom is 0.0929 e. The quantitative estimate of drug-likeness (QED) is 0.0872. The lowest BCUT2D eigenvalue weighted by atomic mass is 10.1. The summed E-state index contributed by atoms with van der Waals surface area (Å²) in [5.41, 5.74) is 10.9. The molecule has 6 N–H and O–H groups in total. The van der Waals surface area contributed by atoms with Crippen LogP contribution in [0.5, 0.6) is 0 Å². The monoisotopic (exact) mass is 511 g/mol. The van der Waals surface area contributed by atoms with Crippen LogP contribution in [0.15, 0.2) is 76.4 Å². The van der Waals surface area contributed by atoms with E-state index < -0.39 is 0 Å². The van der Waals surface area contributed by atoms with Crippen molar-refractivity contribution >= 4 is 22.8 Å². The van der Waals surface area contributed by atoms with Gasteiger partial charge in [0.2, 0.25) is 0 Å². The van der Waals surface area contributed by atoms with E-state index in [0.29, 0.717) is 36.0 Å². The minimum atomic E-state index is 0.0553. The Kier molecular flexibility index (Phi) is 15.4. The molecule has 0 saturated heterocycles. The molecule has 0 aliphatic carbocycles. The van der Waals surface area contributed by atoms with Crippen molar-refractivity contribution in [1.29, 1.82) is 5.41 Å². The standard InChI is InChI=1S/C29H45N5O3/c1-6-24(12-11-22(4)37-8-3)32-28(23(5)30)21-29(27(31)7-2)33-25-13-15-26(16-14-25)34(18-20-36)17-9-10-19-35/h7,11-16,21,30,32,35-36H,6,8-10,17-20,31H2,1-5H3/b22-11+,24-12+,27-7+,28-21+,30-23?,33-29?. The summed E-state index contributed by atoms with van der Waals surface area (Å²) < 4.78 is 5.49. The predicted octanol–water partition coefficient (Wildman–Crippen LogP) is 4.94. The summed E-state index contributed by atoms with van der Waals surface area (Å²) in [7, 11) is 0. The van der Waals surface area contributed by atoms with Crippen molar-refractivity contribution < 1.29 is 14.9 Å². The Hall–Kier alpha value is -3.36. The van der Waals surface area contributed by atoms with Gasteiger partial charge < -0.3 is 36.3 Å². The van der Waals surface area contributed by atoms with E-state index in [4.69, 9.17) is 26.0 Å². The molecule has 0 bridgehead atoms. The molecule has 0 aliphatic rings. The molecule has 1 rings (SSSR count). The Labute approximate surface area is 222 Å². The van der Waals surface area contributed by atoms with Gasteiger partial charge in [-0.15, -0.1) is 0 Å². The van der Waals surface area contributed by atoms with E-state index in [0.717, 1.165) is 48.6 Å². The fraction of sp³-hybridized carbons (Fsp3) is 0.448. The highest BCUT2D eigenvalue weighted by Gasteiger charge is 2.09. The number of aliphatic hydroxyl groups excluding tert-OH is 2. The molecule has 0 radical (unpaired) electrons. The molecule has 1 aromatic rings. The molecule has 0 fully saturated rings. The van der Waals surface area contributed by atoms with Crippen LogP contribution in [-0.2, 0) is 4.74 Å². The molecule has 0 heterocycles. The van der Waals surface area contributed by atoms with E-state index in [1.165, 1.54) is 0 Å². The van der Waals surface area contributed by atoms with Gasteiger partial charge in [-0.25, -0.2) is 4.99 Å². The largest absolute Gasteiger partial charge is 0.499 e. The summed E-state index contributed by atoms with van der Waals surface area (Å²) in [6.07, 6.45) is 9.76. The van der Waals surface area contributed by atoms with E-state index in [1.54, 1.807) is 19.1 Å². The molecule has 1 aromatic carbocycles. The Morgan fingerprint density at radius 2 is 1.78 bits per heavy atom. The zero-order valence-corrected chi connectivity index (χ0v) is 23.1. The molecule has 0 aliphatic heterocycles. The van der Waals surface area contributed by atoms with Gasteiger partial charge >= 0.3 is 0 Å². The van der Waals surface area contributed by atoms with Crippen molar-refractivity contribution in [3.8, 4) is 0 Å². The molecule has 8 nitrogen and oxygen atoms in total. The number of aliphatic imine (C=N–C) groups is 1. The van der Waals surface area contributed by atoms with Gasteiger partial charge in [0.15, 0.2) is 0 Å². The predicted molar refractivity (Wildman–Crippen MR) is 155 cm³/mol. The smallest absolute Gasteiger partial charge is 0.0929 e. The number of unbranched alkanes of at least 4 members (excludes halogenated alkanes) is 1. The molecular formula is C29H45N5O3. The second-order valence-corrected chi connectivity index (χ2v) is 8.46. The number of hydrogen-bond acceptors (Lipinski definition) is 8. The van der Waals surface area contributed by atoms with Crippen LogP contribution in [-0.4, -0.2) is 54.5 Å². The van der Waals surface area contributed by atoms with Crippen molar-refractivity contribution in [1.82, 2.24) is 5.32 Å². The van der Waals surface area contributed by atoms with Crippen LogP contribution in [0.1, 0.15) is 53.9 Å². The Morgan fingerprint density at radius 3 is 2.32 bits per heavy atom. The number of nitrogens with zero attached hydrogens (tertiary/aromatic N) is 2. The van der Waals surface area contributed by atoms with Gasteiger partial charge in [0.05, 0.1) is 47.5 Å². The number of rotatable bonds is 17. The fourth-order valence-electron chi connectivity index (χ4n) is 3.40. The van der Waals surface area contributed by atoms with Crippen molar-refractivity contribution in [2.75, 3.05) is 37.8 Å². The molecule has 0 spiro atoms. The maximum absolute atomic E-state index is 9.43. The molecule has 8 heteroatoms. The third-order valence-electron chi connectivity index (χ3n) is 5.53. The van der Waals surface area contributed by atoms with E-state index in [9.17, 15) is 5.11 Å². The van der Waals surface area contributed by atoms with Gasteiger partial charge in [-0.1, -0.05) is 13.0 Å². The lowest BCUT2D eigenvalue weighted by molar-refractivity contribution is 0.231. The molecule has 0 aromatic heterocycles. The second kappa shape index (κ2) is 18.0. The minimum absolute atomic E-state index is 0.0553. The van der Waals surface area contributed by atoms with Crippen molar-refractivity contribution in [2.24, 2.45) is 10.7 Å². The van der Waals surface area contributed by atoms with Crippen LogP contribution < -0.4 is 16.0 Å². The third-order valence-corrected chi connectivity index (χ3v) is 5.53. The SMILES string of the molecule is C/C=C(/N)C(/C=C(/N/C(=C/C=C(\C)OCC)CC)C(C)=N)=Nc1ccc(N(CCO)CCCCO)cc1. The number of nitrogens with two attached hydrogens (primary N) is 1. The van der Waals surface area contributed by atoms with E-state index in [2.05, 4.69) is 10.2 Å². The first-order chi connectivity index (χ1) is 17.8. The van der Waals surface area contributed by atoms with Gasteiger partial charge in [0.25, 0.3) is 0 Å². The van der Waals surface area contributed by atoms with Crippen LogP contribution in [0.2, 0.25) is 0 Å². The van der Waals surface area contributed by atoms with Crippen LogP contribution in [0.4, 0.5) is 11.4 Å². The van der Waals surface area contributed by atoms with E-state index >= 15 is 0 Å². The first-order valence-electron chi connectivity index (χ1n) is 12.9. The normalized spacial score (nSPS) is 13.5. The topological polar surface area (TPSA) is 127 Å². The Morgan fingerprint density at radius 1 is 1.08 bits per heavy atom. The van der Waals surface area contributed by atoms with E-state index in [-0.39, 0.29) is 13.2 Å². The van der Waals surface area contributed by atoms with Crippen LogP contribution in [0.3, 0.4) is 0 Å². The first-order valence-corrected chi connectivity index (χ1v) is 12.9. The molecule has 204 valence electrons. The number of allylic oxidation sites excluding steroid dienone is 7. The van der Waals surface area contributed by atoms with E-state index in [1.807, 2.05) is 64.1 Å². The molecule has 0 amide bonds. The summed E-state index contributed by atoms with van der Waals surface area (Å²) in [6, 6.07) is 7.75. The second-order valence-electron chi connectivity index (χ2n) is 8.46. The molecule has 37 heavy (non-hydrogen) atoms. The summed E-state index contributed by atoms with van der Waals surface area (Å²) in [6.45, 7) is 11.6. The highest BCUT2D eigenvalue weighted by atomic mass is 16.5. The number of ether oxygens (including phenoxy) is 1. The maximum atomic E-state index is 9.43. The average Bonchev–Trinajstić information content (AvgIpc) is 2.89. The highest BCUT2D eigenvalue weighted by molar-refractivity contribution is 6.13. The van der Waals surface area contributed by atoms with Gasteiger partial charge in [-0.2, -0.15) is 0 Å². The van der Waals surface area contributed by atoms with Crippen molar-refractivity contribution in [2.45, 2.75) is 53.9 Å². The van der Waals surface area contributed by atoms with Crippen LogP contribution in [0, 0.1) is 5.41 Å². The Bertz CT molecular complexity index is 991. The molecule has 0 atom stereocenters. The van der Waals surface area contributed by atoms with Crippen LogP contribution >= 0.6 is 0 Å². The highest BCUT2D eigenvalue weighted by Crippen LogP contribution is 2.21. The van der Waals surface area contributed by atoms with Gasteiger partial charge in [-0.3, -0.25) is 0 Å². The van der Waals surface area contributed by atoms with Gasteiger partial charge in [0, 0.05) is 31.1 Å². The Balaban J connectivity index is 3.29. The zero-order valence-electron chi connectivity index (χ0n) is 23.1.